The van der Waals surface area contributed by atoms with Crippen LogP contribution in [0.3, 0.4) is 0 Å². The van der Waals surface area contributed by atoms with Crippen LogP contribution < -0.4 is 10.1 Å². The molecule has 0 saturated carbocycles. The van der Waals surface area contributed by atoms with E-state index in [0.29, 0.717) is 0 Å². The Morgan fingerprint density at radius 3 is 2.46 bits per heavy atom. The van der Waals surface area contributed by atoms with Gasteiger partial charge in [0, 0.05) is 0 Å². The first-order valence-corrected chi connectivity index (χ1v) is 11.2. The summed E-state index contributed by atoms with van der Waals surface area (Å²) < 4.78 is 10.9. The number of aliphatic carboxylic acids is 1. The molecule has 1 heterocycles. The van der Waals surface area contributed by atoms with Gasteiger partial charge in [0.25, 0.3) is 0 Å². The van der Waals surface area contributed by atoms with Gasteiger partial charge in [-0.3, -0.25) is 10.1 Å². The van der Waals surface area contributed by atoms with Gasteiger partial charge in [-0.2, -0.15) is 15.2 Å². The quantitative estimate of drug-likeness (QED) is 0.148. The number of nitrogens with zero attached hydrogens (tertiary/aromatic N) is 4. The Bertz CT molecular complexity index is 1190. The number of nitrogens with one attached hydrogen (secondary N) is 1. The predicted octanol–water partition coefficient (Wildman–Crippen LogP) is 2.97. The van der Waals surface area contributed by atoms with E-state index < -0.39 is 52.0 Å². The van der Waals surface area contributed by atoms with E-state index in [9.17, 15) is 35.2 Å². The summed E-state index contributed by atoms with van der Waals surface area (Å²) >= 11 is 1.00. The van der Waals surface area contributed by atoms with Gasteiger partial charge in [-0.15, -0.1) is 0 Å². The van der Waals surface area contributed by atoms with Crippen molar-refractivity contribution in [2.75, 3.05) is 11.6 Å². The molecule has 2 rings (SSSR count). The third-order valence-corrected chi connectivity index (χ3v) is 4.73. The lowest BCUT2D eigenvalue weighted by molar-refractivity contribution is -0.385. The summed E-state index contributed by atoms with van der Waals surface area (Å²) in [5.41, 5.74) is -1.76. The van der Waals surface area contributed by atoms with E-state index >= 15 is 0 Å². The minimum Gasteiger partial charge on any atom is -0.480 e. The minimum absolute atomic E-state index is 0.00261. The van der Waals surface area contributed by atoms with Gasteiger partial charge in [0.15, 0.2) is 11.2 Å². The number of aromatic nitrogens is 2. The van der Waals surface area contributed by atoms with E-state index in [0.717, 1.165) is 11.8 Å². The van der Waals surface area contributed by atoms with Gasteiger partial charge in [0.05, 0.1) is 22.2 Å². The van der Waals surface area contributed by atoms with Crippen molar-refractivity contribution < 1.29 is 34.2 Å². The second-order valence-corrected chi connectivity index (χ2v) is 8.87. The molecular weight excluding hydrogens is 482 g/mol. The SMILES string of the molecule is CSc1nc(NC(C(=O)O)C(C)O)c([N+](=O)[O-])c(Oc2ccc(C#N)c(C(=O)OC(C)(C)C)c2)n1. The maximum absolute atomic E-state index is 12.6. The number of carbonyl (C=O) groups excluding carboxylic acids is 1. The number of carboxylic acid groups (broad SMARTS) is 1. The number of carboxylic acids is 1. The van der Waals surface area contributed by atoms with Gasteiger partial charge in [-0.25, -0.2) is 9.59 Å². The number of carbonyl (C=O) groups is 2. The summed E-state index contributed by atoms with van der Waals surface area (Å²) in [6, 6.07) is 4.03. The highest BCUT2D eigenvalue weighted by atomic mass is 32.2. The summed E-state index contributed by atoms with van der Waals surface area (Å²) in [5.74, 6) is -3.37. The average Bonchev–Trinajstić information content (AvgIpc) is 2.75. The fourth-order valence-corrected chi connectivity index (χ4v) is 3.03. The van der Waals surface area contributed by atoms with Crippen LogP contribution in [0.2, 0.25) is 0 Å². The molecule has 0 aliphatic carbocycles. The Kier molecular flexibility index (Phi) is 8.56. The number of nitriles is 1. The second kappa shape index (κ2) is 11.0. The molecule has 0 aliphatic heterocycles. The normalized spacial score (nSPS) is 12.7. The molecule has 0 radical (unpaired) electrons. The monoisotopic (exact) mass is 505 g/mol. The first-order valence-electron chi connectivity index (χ1n) is 10.0. The number of nitro groups is 1. The van der Waals surface area contributed by atoms with Crippen LogP contribution >= 0.6 is 11.8 Å². The van der Waals surface area contributed by atoms with E-state index in [1.807, 2.05) is 6.07 Å². The lowest BCUT2D eigenvalue weighted by atomic mass is 10.1. The number of anilines is 1. The highest BCUT2D eigenvalue weighted by Crippen LogP contribution is 2.37. The van der Waals surface area contributed by atoms with Gasteiger partial charge >= 0.3 is 23.5 Å². The zero-order valence-electron chi connectivity index (χ0n) is 19.4. The molecule has 0 spiro atoms. The number of ether oxygens (including phenoxy) is 2. The summed E-state index contributed by atoms with van der Waals surface area (Å²) in [6.45, 7) is 6.15. The molecule has 35 heavy (non-hydrogen) atoms. The fraction of sp³-hybridized carbons (Fsp3) is 0.381. The third-order valence-electron chi connectivity index (χ3n) is 4.18. The molecule has 2 unspecified atom stereocenters. The maximum Gasteiger partial charge on any atom is 0.373 e. The number of aliphatic hydroxyl groups is 1. The Morgan fingerprint density at radius 2 is 1.97 bits per heavy atom. The Labute approximate surface area is 204 Å². The van der Waals surface area contributed by atoms with Crippen molar-refractivity contribution in [3.8, 4) is 17.7 Å². The largest absolute Gasteiger partial charge is 0.480 e. The van der Waals surface area contributed by atoms with Crippen LogP contribution in [0.25, 0.3) is 0 Å². The molecule has 0 aliphatic rings. The van der Waals surface area contributed by atoms with Gasteiger partial charge in [-0.1, -0.05) is 11.8 Å². The van der Waals surface area contributed by atoms with Crippen molar-refractivity contribution in [2.24, 2.45) is 0 Å². The van der Waals surface area contributed by atoms with Crippen LogP contribution in [0.4, 0.5) is 11.5 Å². The number of benzene rings is 1. The van der Waals surface area contributed by atoms with Crippen LogP contribution in [0.1, 0.15) is 43.6 Å². The van der Waals surface area contributed by atoms with E-state index in [-0.39, 0.29) is 22.0 Å². The number of thioether (sulfide) groups is 1. The molecule has 2 aromatic rings. The number of aliphatic hydroxyl groups excluding tert-OH is 1. The highest BCUT2D eigenvalue weighted by molar-refractivity contribution is 7.98. The van der Waals surface area contributed by atoms with Gasteiger partial charge in [-0.05, 0) is 52.1 Å². The molecule has 14 heteroatoms. The van der Waals surface area contributed by atoms with Gasteiger partial charge in [0.2, 0.25) is 5.82 Å². The van der Waals surface area contributed by atoms with E-state index in [1.54, 1.807) is 27.0 Å². The zero-order chi connectivity index (χ0) is 26.5. The standard InChI is InChI=1S/C21H23N5O8S/c1-10(27)14(18(28)29)23-16-15(26(31)32)17(25-20(24-16)35-5)33-12-7-6-11(9-22)13(8-12)19(30)34-21(2,3)4/h6-8,10,14,27H,1-5H3,(H,28,29)(H,23,24,25). The van der Waals surface area contributed by atoms with Crippen LogP contribution in [-0.4, -0.2) is 61.0 Å². The molecular formula is C21H23N5O8S. The minimum atomic E-state index is -1.61. The summed E-state index contributed by atoms with van der Waals surface area (Å²) in [6.07, 6.45) is 0.166. The third kappa shape index (κ3) is 7.01. The van der Waals surface area contributed by atoms with Gasteiger partial charge in [0.1, 0.15) is 17.4 Å². The molecule has 3 N–H and O–H groups in total. The number of rotatable bonds is 9. The van der Waals surface area contributed by atoms with Crippen molar-refractivity contribution in [3.05, 3.63) is 39.4 Å². The summed E-state index contributed by atoms with van der Waals surface area (Å²) in [5, 5.41) is 42.7. The smallest absolute Gasteiger partial charge is 0.373 e. The molecule has 0 fully saturated rings. The van der Waals surface area contributed by atoms with Crippen LogP contribution in [0, 0.1) is 21.4 Å². The molecule has 1 aromatic carbocycles. The lowest BCUT2D eigenvalue weighted by Gasteiger charge is -2.20. The van der Waals surface area contributed by atoms with Crippen molar-refractivity contribution >= 4 is 35.2 Å². The Hall–Kier alpha value is -3.96. The topological polar surface area (TPSA) is 198 Å². The first-order chi connectivity index (χ1) is 16.3. The molecule has 0 amide bonds. The average molecular weight is 506 g/mol. The van der Waals surface area contributed by atoms with Crippen LogP contribution in [-0.2, 0) is 9.53 Å². The summed E-state index contributed by atoms with van der Waals surface area (Å²) in [7, 11) is 0. The molecule has 13 nitrogen and oxygen atoms in total. The molecule has 1 aromatic heterocycles. The van der Waals surface area contributed by atoms with E-state index in [1.165, 1.54) is 25.1 Å². The molecule has 0 bridgehead atoms. The maximum atomic E-state index is 12.6. The summed E-state index contributed by atoms with van der Waals surface area (Å²) in [4.78, 5) is 43.0. The van der Waals surface area contributed by atoms with Crippen molar-refractivity contribution in [1.82, 2.24) is 9.97 Å². The second-order valence-electron chi connectivity index (χ2n) is 8.09. The lowest BCUT2D eigenvalue weighted by Crippen LogP contribution is -2.39. The molecule has 2 atom stereocenters. The van der Waals surface area contributed by atoms with Crippen molar-refractivity contribution in [3.63, 3.8) is 0 Å². The van der Waals surface area contributed by atoms with E-state index in [4.69, 9.17) is 9.47 Å². The Morgan fingerprint density at radius 1 is 1.31 bits per heavy atom. The van der Waals surface area contributed by atoms with Crippen molar-refractivity contribution in [2.45, 2.75) is 50.6 Å². The fourth-order valence-electron chi connectivity index (χ4n) is 2.68. The molecule has 186 valence electrons. The van der Waals surface area contributed by atoms with Crippen molar-refractivity contribution in [1.29, 1.82) is 5.26 Å². The first kappa shape index (κ1) is 27.3. The highest BCUT2D eigenvalue weighted by Gasteiger charge is 2.32. The Balaban J connectivity index is 2.60. The molecule has 0 saturated heterocycles. The van der Waals surface area contributed by atoms with Crippen LogP contribution in [0.5, 0.6) is 11.6 Å². The zero-order valence-corrected chi connectivity index (χ0v) is 20.2. The number of hydrogen-bond acceptors (Lipinski definition) is 12. The number of esters is 1. The van der Waals surface area contributed by atoms with Crippen LogP contribution in [0.15, 0.2) is 23.4 Å². The number of hydrogen-bond donors (Lipinski definition) is 3. The predicted molar refractivity (Wildman–Crippen MR) is 124 cm³/mol. The van der Waals surface area contributed by atoms with Gasteiger partial charge < -0.3 is 25.0 Å². The van der Waals surface area contributed by atoms with E-state index in [2.05, 4.69) is 15.3 Å².